The predicted octanol–water partition coefficient (Wildman–Crippen LogP) is 3.47. The third-order valence-electron chi connectivity index (χ3n) is 3.42. The first-order valence-corrected chi connectivity index (χ1v) is 7.26. The number of aromatic nitrogens is 2. The van der Waals surface area contributed by atoms with Crippen molar-refractivity contribution in [3.63, 3.8) is 0 Å². The molecule has 0 radical (unpaired) electrons. The average Bonchev–Trinajstić information content (AvgIpc) is 2.87. The van der Waals surface area contributed by atoms with E-state index in [-0.39, 0.29) is 11.7 Å². The van der Waals surface area contributed by atoms with Crippen molar-refractivity contribution in [2.75, 3.05) is 5.32 Å². The van der Waals surface area contributed by atoms with Crippen molar-refractivity contribution < 1.29 is 9.90 Å². The minimum absolute atomic E-state index is 0.0383. The number of carbonyl (C=O) groups is 1. The van der Waals surface area contributed by atoms with Crippen molar-refractivity contribution in [1.29, 1.82) is 0 Å². The number of aromatic hydroxyl groups is 1. The maximum Gasteiger partial charge on any atom is 0.225 e. The fourth-order valence-corrected chi connectivity index (χ4v) is 2.37. The van der Waals surface area contributed by atoms with E-state index in [2.05, 4.69) is 10.4 Å². The maximum absolute atomic E-state index is 11.9. The van der Waals surface area contributed by atoms with Crippen molar-refractivity contribution >= 4 is 22.6 Å². The molecule has 0 atom stereocenters. The Labute approximate surface area is 128 Å². The smallest absolute Gasteiger partial charge is 0.225 e. The third-order valence-corrected chi connectivity index (χ3v) is 3.42. The van der Waals surface area contributed by atoms with Gasteiger partial charge in [0.1, 0.15) is 5.75 Å². The Kier molecular flexibility index (Phi) is 3.78. The number of phenolic OH excluding ortho intramolecular Hbond substituents is 1. The van der Waals surface area contributed by atoms with E-state index in [1.807, 2.05) is 31.2 Å². The van der Waals surface area contributed by atoms with Crippen molar-refractivity contribution in [3.8, 4) is 11.4 Å². The molecule has 3 rings (SSSR count). The zero-order chi connectivity index (χ0) is 15.5. The largest absolute Gasteiger partial charge is 0.508 e. The zero-order valence-electron chi connectivity index (χ0n) is 12.3. The van der Waals surface area contributed by atoms with Crippen molar-refractivity contribution in [3.05, 3.63) is 48.5 Å². The van der Waals surface area contributed by atoms with Gasteiger partial charge in [-0.1, -0.05) is 19.1 Å². The Morgan fingerprint density at radius 3 is 2.64 bits per heavy atom. The minimum Gasteiger partial charge on any atom is -0.508 e. The minimum atomic E-state index is -0.0383. The first kappa shape index (κ1) is 14.1. The number of rotatable bonds is 4. The Hall–Kier alpha value is -2.82. The molecule has 0 aliphatic carbocycles. The fourth-order valence-electron chi connectivity index (χ4n) is 2.37. The molecule has 112 valence electrons. The summed E-state index contributed by atoms with van der Waals surface area (Å²) in [5.41, 5.74) is 1.73. The van der Waals surface area contributed by atoms with Crippen LogP contribution >= 0.6 is 0 Å². The van der Waals surface area contributed by atoms with Crippen LogP contribution in [-0.2, 0) is 4.79 Å². The van der Waals surface area contributed by atoms with E-state index in [0.29, 0.717) is 12.2 Å². The van der Waals surface area contributed by atoms with Crippen molar-refractivity contribution in [2.45, 2.75) is 19.8 Å². The number of phenols is 1. The SMILES string of the molecule is CCCC(=O)Nc1nn(-c2ccc(O)cc2)c2ccccc12. The van der Waals surface area contributed by atoms with Gasteiger partial charge in [-0.2, -0.15) is 0 Å². The van der Waals surface area contributed by atoms with Crippen LogP contribution in [0.5, 0.6) is 5.75 Å². The Morgan fingerprint density at radius 1 is 1.18 bits per heavy atom. The summed E-state index contributed by atoms with van der Waals surface area (Å²) in [6, 6.07) is 14.5. The van der Waals surface area contributed by atoms with Crippen molar-refractivity contribution in [1.82, 2.24) is 9.78 Å². The monoisotopic (exact) mass is 295 g/mol. The summed E-state index contributed by atoms with van der Waals surface area (Å²) < 4.78 is 1.76. The highest BCUT2D eigenvalue weighted by Crippen LogP contribution is 2.26. The maximum atomic E-state index is 11.9. The molecule has 0 aliphatic rings. The summed E-state index contributed by atoms with van der Waals surface area (Å²) in [5, 5.41) is 17.7. The molecule has 2 aromatic carbocycles. The summed E-state index contributed by atoms with van der Waals surface area (Å²) in [7, 11) is 0. The molecule has 0 saturated heterocycles. The number of hydrogen-bond donors (Lipinski definition) is 2. The topological polar surface area (TPSA) is 67.2 Å². The van der Waals surface area contributed by atoms with Gasteiger partial charge in [0.05, 0.1) is 11.2 Å². The Morgan fingerprint density at radius 2 is 1.91 bits per heavy atom. The average molecular weight is 295 g/mol. The van der Waals surface area contributed by atoms with E-state index in [1.165, 1.54) is 0 Å². The molecule has 0 bridgehead atoms. The quantitative estimate of drug-likeness (QED) is 0.774. The summed E-state index contributed by atoms with van der Waals surface area (Å²) in [5.74, 6) is 0.724. The molecular formula is C17H17N3O2. The van der Waals surface area contributed by atoms with Gasteiger partial charge in [-0.3, -0.25) is 4.79 Å². The lowest BCUT2D eigenvalue weighted by Gasteiger charge is -2.03. The van der Waals surface area contributed by atoms with E-state index in [0.717, 1.165) is 23.0 Å². The summed E-state index contributed by atoms with van der Waals surface area (Å²) in [6.45, 7) is 1.97. The van der Waals surface area contributed by atoms with E-state index in [1.54, 1.807) is 28.9 Å². The molecule has 5 nitrogen and oxygen atoms in total. The number of anilines is 1. The molecular weight excluding hydrogens is 278 g/mol. The Bertz CT molecular complexity index is 806. The molecule has 0 aliphatic heterocycles. The second-order valence-electron chi connectivity index (χ2n) is 5.09. The lowest BCUT2D eigenvalue weighted by atomic mass is 10.2. The molecule has 2 N–H and O–H groups in total. The van der Waals surface area contributed by atoms with Gasteiger partial charge in [0.25, 0.3) is 0 Å². The van der Waals surface area contributed by atoms with Gasteiger partial charge in [-0.15, -0.1) is 5.10 Å². The van der Waals surface area contributed by atoms with E-state index in [4.69, 9.17) is 0 Å². The normalized spacial score (nSPS) is 10.8. The predicted molar refractivity (Wildman–Crippen MR) is 86.3 cm³/mol. The van der Waals surface area contributed by atoms with E-state index < -0.39 is 0 Å². The molecule has 0 saturated carbocycles. The molecule has 0 fully saturated rings. The number of para-hydroxylation sites is 1. The van der Waals surface area contributed by atoms with Gasteiger partial charge in [-0.05, 0) is 42.8 Å². The second-order valence-corrected chi connectivity index (χ2v) is 5.09. The van der Waals surface area contributed by atoms with Gasteiger partial charge in [0.15, 0.2) is 5.82 Å². The van der Waals surface area contributed by atoms with Crippen LogP contribution in [0.4, 0.5) is 5.82 Å². The van der Waals surface area contributed by atoms with Crippen LogP contribution in [0.2, 0.25) is 0 Å². The number of nitrogens with one attached hydrogen (secondary N) is 1. The van der Waals surface area contributed by atoms with E-state index in [9.17, 15) is 9.90 Å². The first-order valence-electron chi connectivity index (χ1n) is 7.26. The zero-order valence-corrected chi connectivity index (χ0v) is 12.3. The van der Waals surface area contributed by atoms with Crippen LogP contribution in [0, 0.1) is 0 Å². The summed E-state index contributed by atoms with van der Waals surface area (Å²) in [6.07, 6.45) is 1.27. The van der Waals surface area contributed by atoms with Gasteiger partial charge >= 0.3 is 0 Å². The van der Waals surface area contributed by atoms with Crippen LogP contribution in [0.25, 0.3) is 16.6 Å². The molecule has 5 heteroatoms. The highest BCUT2D eigenvalue weighted by atomic mass is 16.3. The molecule has 0 spiro atoms. The highest BCUT2D eigenvalue weighted by molar-refractivity contribution is 6.00. The van der Waals surface area contributed by atoms with Crippen LogP contribution in [-0.4, -0.2) is 20.8 Å². The highest BCUT2D eigenvalue weighted by Gasteiger charge is 2.13. The van der Waals surface area contributed by atoms with Crippen LogP contribution in [0.1, 0.15) is 19.8 Å². The van der Waals surface area contributed by atoms with E-state index >= 15 is 0 Å². The summed E-state index contributed by atoms with van der Waals surface area (Å²) >= 11 is 0. The van der Waals surface area contributed by atoms with Gasteiger partial charge in [-0.25, -0.2) is 4.68 Å². The van der Waals surface area contributed by atoms with Gasteiger partial charge < -0.3 is 10.4 Å². The van der Waals surface area contributed by atoms with Crippen LogP contribution in [0.3, 0.4) is 0 Å². The first-order chi connectivity index (χ1) is 10.7. The number of benzene rings is 2. The third kappa shape index (κ3) is 2.65. The lowest BCUT2D eigenvalue weighted by Crippen LogP contribution is -2.11. The number of amides is 1. The molecule has 1 aromatic heterocycles. The lowest BCUT2D eigenvalue weighted by molar-refractivity contribution is -0.116. The molecule has 1 heterocycles. The number of hydrogen-bond acceptors (Lipinski definition) is 3. The number of nitrogens with zero attached hydrogens (tertiary/aromatic N) is 2. The van der Waals surface area contributed by atoms with Crippen LogP contribution in [0.15, 0.2) is 48.5 Å². The summed E-state index contributed by atoms with van der Waals surface area (Å²) in [4.78, 5) is 11.9. The number of fused-ring (bicyclic) bond motifs is 1. The molecule has 22 heavy (non-hydrogen) atoms. The molecule has 0 unspecified atom stereocenters. The standard InChI is InChI=1S/C17H17N3O2/c1-2-5-16(22)18-17-14-6-3-4-7-15(14)20(19-17)12-8-10-13(21)11-9-12/h3-4,6-11,21H,2,5H2,1H3,(H,18,19,22). The van der Waals surface area contributed by atoms with Crippen molar-refractivity contribution in [2.24, 2.45) is 0 Å². The second kappa shape index (κ2) is 5.89. The molecule has 1 amide bonds. The van der Waals surface area contributed by atoms with Crippen LogP contribution < -0.4 is 5.32 Å². The van der Waals surface area contributed by atoms with Gasteiger partial charge in [0, 0.05) is 11.8 Å². The van der Waals surface area contributed by atoms with Gasteiger partial charge in [0.2, 0.25) is 5.91 Å². The number of carbonyl (C=O) groups excluding carboxylic acids is 1. The fraction of sp³-hybridized carbons (Fsp3) is 0.176. The molecule has 3 aromatic rings. The Balaban J connectivity index is 2.07.